The van der Waals surface area contributed by atoms with Gasteiger partial charge in [-0.05, 0) is 30.4 Å². The van der Waals surface area contributed by atoms with Crippen LogP contribution in [0, 0.1) is 23.3 Å². The number of halogens is 9. The maximum atomic E-state index is 13.8. The average Bonchev–Trinajstić information content (AvgIpc) is 2.52. The van der Waals surface area contributed by atoms with E-state index in [1.807, 2.05) is 0 Å². The zero-order chi connectivity index (χ0) is 19.8. The molecular weight excluding hydrogens is 432 g/mol. The predicted molar refractivity (Wildman–Crippen MR) is 87.6 cm³/mol. The van der Waals surface area contributed by atoms with E-state index in [0.29, 0.717) is 0 Å². The van der Waals surface area contributed by atoms with Crippen molar-refractivity contribution in [3.63, 3.8) is 0 Å². The van der Waals surface area contributed by atoms with E-state index >= 15 is 0 Å². The van der Waals surface area contributed by atoms with Gasteiger partial charge in [-0.3, -0.25) is 0 Å². The number of nitrogens with one attached hydrogen (secondary N) is 2. The third-order valence-corrected chi connectivity index (χ3v) is 3.91. The molecule has 0 spiro atoms. The summed E-state index contributed by atoms with van der Waals surface area (Å²) >= 11 is 16.1. The highest BCUT2D eigenvalue weighted by Crippen LogP contribution is 2.38. The first-order valence-electron chi connectivity index (χ1n) is 6.39. The summed E-state index contributed by atoms with van der Waals surface area (Å²) in [6.07, 6.45) is -5.63. The molecule has 0 heterocycles. The molecule has 0 saturated heterocycles. The second-order valence-corrected chi connectivity index (χ2v) is 5.93. The van der Waals surface area contributed by atoms with Crippen molar-refractivity contribution in [2.75, 3.05) is 10.6 Å². The van der Waals surface area contributed by atoms with Gasteiger partial charge in [0, 0.05) is 5.69 Å². The zero-order valence-corrected chi connectivity index (χ0v) is 14.4. The molecule has 2 rings (SSSR count). The first-order chi connectivity index (χ1) is 11.9. The van der Waals surface area contributed by atoms with Crippen LogP contribution in [0.4, 0.5) is 42.1 Å². The Labute approximate surface area is 156 Å². The standard InChI is InChI=1S/C14H5Cl2F7N2S/c15-5-2-1-4(3-6(5)16)24-13(26)25-12-10(19)8(17)7(14(21,22)23)9(18)11(12)20/h1-3H,(H2,24,25,26). The summed E-state index contributed by atoms with van der Waals surface area (Å²) < 4.78 is 92.2. The van der Waals surface area contributed by atoms with E-state index in [9.17, 15) is 30.7 Å². The molecular formula is C14H5Cl2F7N2S. The van der Waals surface area contributed by atoms with Gasteiger partial charge >= 0.3 is 6.18 Å². The Bertz CT molecular complexity index is 858. The van der Waals surface area contributed by atoms with Gasteiger partial charge in [0.2, 0.25) is 0 Å². The van der Waals surface area contributed by atoms with Crippen LogP contribution in [0.2, 0.25) is 10.0 Å². The van der Waals surface area contributed by atoms with Crippen molar-refractivity contribution < 1.29 is 30.7 Å². The fourth-order valence-corrected chi connectivity index (χ4v) is 2.36. The van der Waals surface area contributed by atoms with Crippen molar-refractivity contribution in [3.8, 4) is 0 Å². The molecule has 12 heteroatoms. The molecule has 0 aliphatic heterocycles. The zero-order valence-electron chi connectivity index (χ0n) is 12.0. The number of hydrogen-bond donors (Lipinski definition) is 2. The Hall–Kier alpha value is -1.78. The first kappa shape index (κ1) is 20.5. The third-order valence-electron chi connectivity index (χ3n) is 2.96. The molecule has 0 unspecified atom stereocenters. The number of alkyl halides is 3. The Morgan fingerprint density at radius 3 is 1.85 bits per heavy atom. The Balaban J connectivity index is 2.34. The first-order valence-corrected chi connectivity index (χ1v) is 7.56. The molecule has 0 aliphatic rings. The maximum absolute atomic E-state index is 13.8. The van der Waals surface area contributed by atoms with Gasteiger partial charge in [0.15, 0.2) is 28.4 Å². The summed E-state index contributed by atoms with van der Waals surface area (Å²) in [7, 11) is 0. The Kier molecular flexibility index (Phi) is 5.89. The monoisotopic (exact) mass is 436 g/mol. The van der Waals surface area contributed by atoms with E-state index < -0.39 is 45.8 Å². The lowest BCUT2D eigenvalue weighted by Crippen LogP contribution is -2.23. The van der Waals surface area contributed by atoms with Gasteiger partial charge < -0.3 is 10.6 Å². The smallest absolute Gasteiger partial charge is 0.332 e. The van der Waals surface area contributed by atoms with Gasteiger partial charge in [0.1, 0.15) is 11.3 Å². The lowest BCUT2D eigenvalue weighted by atomic mass is 10.1. The maximum Gasteiger partial charge on any atom is 0.422 e. The topological polar surface area (TPSA) is 24.1 Å². The summed E-state index contributed by atoms with van der Waals surface area (Å²) in [5.41, 5.74) is -4.02. The highest BCUT2D eigenvalue weighted by molar-refractivity contribution is 7.80. The molecule has 0 aliphatic carbocycles. The van der Waals surface area contributed by atoms with E-state index in [2.05, 4.69) is 5.32 Å². The molecule has 2 aromatic rings. The lowest BCUT2D eigenvalue weighted by molar-refractivity contribution is -0.143. The minimum Gasteiger partial charge on any atom is -0.332 e. The predicted octanol–water partition coefficient (Wildman–Crippen LogP) is 6.38. The fraction of sp³-hybridized carbons (Fsp3) is 0.0714. The molecule has 0 amide bonds. The molecule has 2 aromatic carbocycles. The van der Waals surface area contributed by atoms with E-state index in [1.54, 1.807) is 5.32 Å². The normalized spacial score (nSPS) is 11.4. The number of anilines is 2. The minimum atomic E-state index is -5.63. The van der Waals surface area contributed by atoms with Gasteiger partial charge in [0.05, 0.1) is 10.0 Å². The summed E-state index contributed by atoms with van der Waals surface area (Å²) in [6.45, 7) is 0. The van der Waals surface area contributed by atoms with Crippen molar-refractivity contribution in [2.24, 2.45) is 0 Å². The highest BCUT2D eigenvalue weighted by Gasteiger charge is 2.42. The van der Waals surface area contributed by atoms with Crippen LogP contribution >= 0.6 is 35.4 Å². The SMILES string of the molecule is Fc1c(F)c(C(F)(F)F)c(F)c(F)c1NC(=S)Nc1ccc(Cl)c(Cl)c1. The van der Waals surface area contributed by atoms with Crippen molar-refractivity contribution in [1.82, 2.24) is 0 Å². The van der Waals surface area contributed by atoms with E-state index in [0.717, 1.165) is 0 Å². The van der Waals surface area contributed by atoms with Crippen LogP contribution < -0.4 is 10.6 Å². The fourth-order valence-electron chi connectivity index (χ4n) is 1.84. The van der Waals surface area contributed by atoms with Crippen LogP contribution in [0.15, 0.2) is 18.2 Å². The van der Waals surface area contributed by atoms with Gasteiger partial charge in [-0.2, -0.15) is 13.2 Å². The second kappa shape index (κ2) is 7.45. The Morgan fingerprint density at radius 1 is 0.846 bits per heavy atom. The van der Waals surface area contributed by atoms with Crippen molar-refractivity contribution in [1.29, 1.82) is 0 Å². The quantitative estimate of drug-likeness (QED) is 0.324. The lowest BCUT2D eigenvalue weighted by Gasteiger charge is -2.16. The summed E-state index contributed by atoms with van der Waals surface area (Å²) in [4.78, 5) is 0. The molecule has 26 heavy (non-hydrogen) atoms. The second-order valence-electron chi connectivity index (χ2n) is 4.71. The van der Waals surface area contributed by atoms with Crippen LogP contribution in [-0.4, -0.2) is 5.11 Å². The number of rotatable bonds is 2. The molecule has 0 atom stereocenters. The summed E-state index contributed by atoms with van der Waals surface area (Å²) in [5.74, 6) is -9.77. The third kappa shape index (κ3) is 4.13. The van der Waals surface area contributed by atoms with Gasteiger partial charge in [0.25, 0.3) is 0 Å². The van der Waals surface area contributed by atoms with Crippen LogP contribution in [0.3, 0.4) is 0 Å². The van der Waals surface area contributed by atoms with Gasteiger partial charge in [-0.15, -0.1) is 0 Å². The number of thiocarbonyl (C=S) groups is 1. The van der Waals surface area contributed by atoms with E-state index in [-0.39, 0.29) is 15.7 Å². The molecule has 0 radical (unpaired) electrons. The molecule has 0 saturated carbocycles. The Morgan fingerprint density at radius 2 is 1.38 bits per heavy atom. The molecule has 140 valence electrons. The van der Waals surface area contributed by atoms with Crippen molar-refractivity contribution in [3.05, 3.63) is 57.1 Å². The number of benzene rings is 2. The van der Waals surface area contributed by atoms with Crippen LogP contribution in [0.1, 0.15) is 5.56 Å². The largest absolute Gasteiger partial charge is 0.422 e. The molecule has 0 aromatic heterocycles. The average molecular weight is 437 g/mol. The van der Waals surface area contributed by atoms with E-state index in [4.69, 9.17) is 35.4 Å². The molecule has 0 fully saturated rings. The van der Waals surface area contributed by atoms with Crippen LogP contribution in [0.25, 0.3) is 0 Å². The summed E-state index contributed by atoms with van der Waals surface area (Å²) in [5, 5.41) is 3.87. The van der Waals surface area contributed by atoms with Crippen LogP contribution in [-0.2, 0) is 6.18 Å². The summed E-state index contributed by atoms with van der Waals surface area (Å²) in [6, 6.07) is 3.99. The van der Waals surface area contributed by atoms with Crippen LogP contribution in [0.5, 0.6) is 0 Å². The molecule has 2 nitrogen and oxygen atoms in total. The molecule has 0 bridgehead atoms. The number of hydrogen-bond acceptors (Lipinski definition) is 1. The van der Waals surface area contributed by atoms with E-state index in [1.165, 1.54) is 18.2 Å². The van der Waals surface area contributed by atoms with Crippen molar-refractivity contribution in [2.45, 2.75) is 6.18 Å². The highest BCUT2D eigenvalue weighted by atomic mass is 35.5. The molecule has 2 N–H and O–H groups in total. The van der Waals surface area contributed by atoms with Gasteiger partial charge in [-0.25, -0.2) is 17.6 Å². The van der Waals surface area contributed by atoms with Crippen molar-refractivity contribution >= 4 is 51.9 Å². The van der Waals surface area contributed by atoms with Gasteiger partial charge in [-0.1, -0.05) is 23.2 Å². The minimum absolute atomic E-state index is 0.100.